The Bertz CT molecular complexity index is 595. The van der Waals surface area contributed by atoms with Crippen LogP contribution < -0.4 is 10.5 Å². The second-order valence-electron chi connectivity index (χ2n) is 5.22. The Balaban J connectivity index is 3.13. The molecule has 112 valence electrons. The first-order valence-electron chi connectivity index (χ1n) is 6.61. The number of rotatable bonds is 6. The summed E-state index contributed by atoms with van der Waals surface area (Å²) in [5.74, 6) is 0.242. The molecule has 3 N–H and O–H groups in total. The maximum Gasteiger partial charge on any atom is 0.241 e. The predicted molar refractivity (Wildman–Crippen MR) is 86.3 cm³/mol. The fraction of sp³-hybridized carbons (Fsp3) is 0.500. The summed E-state index contributed by atoms with van der Waals surface area (Å²) in [6, 6.07) is 4.82. The highest BCUT2D eigenvalue weighted by molar-refractivity contribution is 7.89. The van der Waals surface area contributed by atoms with E-state index in [4.69, 9.17) is 18.0 Å². The summed E-state index contributed by atoms with van der Waals surface area (Å²) < 4.78 is 27.6. The third-order valence-electron chi connectivity index (χ3n) is 3.30. The van der Waals surface area contributed by atoms with Gasteiger partial charge < -0.3 is 5.73 Å². The first-order valence-corrected chi connectivity index (χ1v) is 8.51. The van der Waals surface area contributed by atoms with Crippen LogP contribution in [0.2, 0.25) is 0 Å². The Morgan fingerprint density at radius 2 is 2.00 bits per heavy atom. The summed E-state index contributed by atoms with van der Waals surface area (Å²) in [4.78, 5) is 0.537. The molecule has 0 radical (unpaired) electrons. The monoisotopic (exact) mass is 314 g/mol. The van der Waals surface area contributed by atoms with Gasteiger partial charge in [-0.1, -0.05) is 39.1 Å². The molecule has 1 unspecified atom stereocenters. The fourth-order valence-electron chi connectivity index (χ4n) is 2.06. The number of hydrogen-bond acceptors (Lipinski definition) is 3. The first-order chi connectivity index (χ1) is 9.19. The maximum atomic E-state index is 12.4. The average molecular weight is 314 g/mol. The quantitative estimate of drug-likeness (QED) is 0.791. The molecule has 1 aromatic carbocycles. The molecule has 0 saturated heterocycles. The normalized spacial score (nSPS) is 13.4. The van der Waals surface area contributed by atoms with Gasteiger partial charge in [-0.05, 0) is 37.0 Å². The lowest BCUT2D eigenvalue weighted by molar-refractivity contribution is 0.437. The van der Waals surface area contributed by atoms with E-state index in [1.807, 2.05) is 20.8 Å². The summed E-state index contributed by atoms with van der Waals surface area (Å²) in [5.41, 5.74) is 6.86. The van der Waals surface area contributed by atoms with Crippen molar-refractivity contribution in [3.63, 3.8) is 0 Å². The zero-order valence-corrected chi connectivity index (χ0v) is 13.9. The summed E-state index contributed by atoms with van der Waals surface area (Å²) in [5, 5.41) is 0. The number of hydrogen-bond donors (Lipinski definition) is 2. The molecular weight excluding hydrogens is 292 g/mol. The Morgan fingerprint density at radius 1 is 1.40 bits per heavy atom. The largest absolute Gasteiger partial charge is 0.389 e. The molecule has 1 atom stereocenters. The lowest BCUT2D eigenvalue weighted by atomic mass is 10.0. The Labute approximate surface area is 126 Å². The minimum atomic E-state index is -3.52. The van der Waals surface area contributed by atoms with Gasteiger partial charge in [-0.15, -0.1) is 0 Å². The molecule has 0 heterocycles. The SMILES string of the molecule is CCC(NS(=O)(=O)c1ccc(C(N)=S)cc1C)C(C)C. The van der Waals surface area contributed by atoms with Crippen molar-refractivity contribution in [2.24, 2.45) is 11.7 Å². The van der Waals surface area contributed by atoms with Gasteiger partial charge in [0, 0.05) is 11.6 Å². The molecule has 1 aromatic rings. The van der Waals surface area contributed by atoms with Crippen LogP contribution in [0.5, 0.6) is 0 Å². The molecule has 0 spiro atoms. The van der Waals surface area contributed by atoms with E-state index >= 15 is 0 Å². The lowest BCUT2D eigenvalue weighted by Crippen LogP contribution is -2.38. The molecule has 0 bridgehead atoms. The van der Waals surface area contributed by atoms with Crippen molar-refractivity contribution in [3.8, 4) is 0 Å². The summed E-state index contributed by atoms with van der Waals surface area (Å²) >= 11 is 4.89. The van der Waals surface area contributed by atoms with Crippen molar-refractivity contribution in [1.82, 2.24) is 4.72 Å². The van der Waals surface area contributed by atoms with Crippen LogP contribution in [0, 0.1) is 12.8 Å². The molecule has 6 heteroatoms. The molecule has 0 saturated carbocycles. The minimum absolute atomic E-state index is 0.0744. The molecule has 20 heavy (non-hydrogen) atoms. The van der Waals surface area contributed by atoms with E-state index < -0.39 is 10.0 Å². The van der Waals surface area contributed by atoms with Gasteiger partial charge in [-0.25, -0.2) is 13.1 Å². The van der Waals surface area contributed by atoms with Crippen LogP contribution in [0.4, 0.5) is 0 Å². The zero-order valence-electron chi connectivity index (χ0n) is 12.3. The van der Waals surface area contributed by atoms with Crippen LogP contribution in [0.1, 0.15) is 38.3 Å². The van der Waals surface area contributed by atoms with E-state index in [1.54, 1.807) is 25.1 Å². The van der Waals surface area contributed by atoms with Crippen LogP contribution in [0.3, 0.4) is 0 Å². The van der Waals surface area contributed by atoms with Gasteiger partial charge in [0.1, 0.15) is 4.99 Å². The van der Waals surface area contributed by atoms with Crippen molar-refractivity contribution in [2.45, 2.75) is 45.1 Å². The third-order valence-corrected chi connectivity index (χ3v) is 5.19. The molecule has 4 nitrogen and oxygen atoms in total. The number of nitrogens with one attached hydrogen (secondary N) is 1. The topological polar surface area (TPSA) is 72.2 Å². The van der Waals surface area contributed by atoms with E-state index in [9.17, 15) is 8.42 Å². The van der Waals surface area contributed by atoms with Gasteiger partial charge in [-0.2, -0.15) is 0 Å². The van der Waals surface area contributed by atoms with Gasteiger partial charge in [0.15, 0.2) is 0 Å². The van der Waals surface area contributed by atoms with E-state index in [0.717, 1.165) is 6.42 Å². The molecule has 0 aliphatic heterocycles. The van der Waals surface area contributed by atoms with Crippen LogP contribution in [0.25, 0.3) is 0 Å². The van der Waals surface area contributed by atoms with Crippen LogP contribution in [-0.4, -0.2) is 19.4 Å². The zero-order chi connectivity index (χ0) is 15.5. The molecule has 1 rings (SSSR count). The molecule has 0 amide bonds. The van der Waals surface area contributed by atoms with Crippen LogP contribution >= 0.6 is 12.2 Å². The predicted octanol–water partition coefficient (Wildman–Crippen LogP) is 2.34. The second-order valence-corrected chi connectivity index (χ2v) is 7.35. The van der Waals surface area contributed by atoms with Crippen molar-refractivity contribution >= 4 is 27.2 Å². The number of benzene rings is 1. The van der Waals surface area contributed by atoms with E-state index in [1.165, 1.54) is 0 Å². The third kappa shape index (κ3) is 4.01. The Kier molecular flexibility index (Phi) is 5.68. The van der Waals surface area contributed by atoms with Gasteiger partial charge in [0.05, 0.1) is 4.90 Å². The smallest absolute Gasteiger partial charge is 0.241 e. The van der Waals surface area contributed by atoms with Gasteiger partial charge in [-0.3, -0.25) is 0 Å². The molecule has 0 aliphatic carbocycles. The highest BCUT2D eigenvalue weighted by Crippen LogP contribution is 2.19. The van der Waals surface area contributed by atoms with Gasteiger partial charge in [0.25, 0.3) is 0 Å². The standard InChI is InChI=1S/C14H22N2O2S2/c1-5-12(9(2)3)16-20(17,18)13-7-6-11(14(15)19)8-10(13)4/h6-9,12,16H,5H2,1-4H3,(H2,15,19). The lowest BCUT2D eigenvalue weighted by Gasteiger charge is -2.21. The number of nitrogens with two attached hydrogens (primary N) is 1. The van der Waals surface area contributed by atoms with E-state index in [2.05, 4.69) is 4.72 Å². The van der Waals surface area contributed by atoms with Crippen molar-refractivity contribution in [1.29, 1.82) is 0 Å². The Morgan fingerprint density at radius 3 is 2.40 bits per heavy atom. The first kappa shape index (κ1) is 17.1. The molecular formula is C14H22N2O2S2. The number of sulfonamides is 1. The summed E-state index contributed by atoms with van der Waals surface area (Å²) in [6.07, 6.45) is 0.751. The average Bonchev–Trinajstić information content (AvgIpc) is 2.35. The van der Waals surface area contributed by atoms with Crippen LogP contribution in [-0.2, 0) is 10.0 Å². The number of thiocarbonyl (C=S) groups is 1. The van der Waals surface area contributed by atoms with E-state index in [0.29, 0.717) is 11.1 Å². The minimum Gasteiger partial charge on any atom is -0.389 e. The molecule has 0 aliphatic rings. The summed E-state index contributed by atoms with van der Waals surface area (Å²) in [6.45, 7) is 7.71. The maximum absolute atomic E-state index is 12.4. The van der Waals surface area contributed by atoms with E-state index in [-0.39, 0.29) is 21.8 Å². The van der Waals surface area contributed by atoms with Crippen molar-refractivity contribution < 1.29 is 8.42 Å². The van der Waals surface area contributed by atoms with Gasteiger partial charge in [0.2, 0.25) is 10.0 Å². The summed E-state index contributed by atoms with van der Waals surface area (Å²) in [7, 11) is -3.52. The number of aryl methyl sites for hydroxylation is 1. The van der Waals surface area contributed by atoms with Crippen molar-refractivity contribution in [3.05, 3.63) is 29.3 Å². The van der Waals surface area contributed by atoms with Gasteiger partial charge >= 0.3 is 0 Å². The van der Waals surface area contributed by atoms with Crippen molar-refractivity contribution in [2.75, 3.05) is 0 Å². The molecule has 0 aromatic heterocycles. The fourth-order valence-corrected chi connectivity index (χ4v) is 3.88. The molecule has 0 fully saturated rings. The second kappa shape index (κ2) is 6.65. The highest BCUT2D eigenvalue weighted by Gasteiger charge is 2.22. The highest BCUT2D eigenvalue weighted by atomic mass is 32.2. The van der Waals surface area contributed by atoms with Crippen LogP contribution in [0.15, 0.2) is 23.1 Å². The Hall–Kier alpha value is -0.980.